The summed E-state index contributed by atoms with van der Waals surface area (Å²) in [7, 11) is 1.61. The van der Waals surface area contributed by atoms with Gasteiger partial charge in [-0.1, -0.05) is 12.8 Å². The van der Waals surface area contributed by atoms with Crippen LogP contribution in [-0.2, 0) is 0 Å². The maximum atomic E-state index is 12.5. The molecule has 2 rings (SSSR count). The number of amides is 1. The summed E-state index contributed by atoms with van der Waals surface area (Å²) in [5.74, 6) is 1.33. The topological polar surface area (TPSA) is 29.5 Å². The van der Waals surface area contributed by atoms with Crippen molar-refractivity contribution in [3.63, 3.8) is 0 Å². The zero-order chi connectivity index (χ0) is 13.0. The molecule has 18 heavy (non-hydrogen) atoms. The standard InChI is InChI=1S/C13H18ClNO2S/c1-17-11-8-12(18-9-11)13(16)15(7-6-14)10-4-2-3-5-10/h8-10H,2-7H2,1H3. The molecule has 0 atom stereocenters. The van der Waals surface area contributed by atoms with Crippen molar-refractivity contribution in [2.45, 2.75) is 31.7 Å². The smallest absolute Gasteiger partial charge is 0.264 e. The SMILES string of the molecule is COc1csc(C(=O)N(CCCl)C2CCCC2)c1. The van der Waals surface area contributed by atoms with Crippen LogP contribution in [0.3, 0.4) is 0 Å². The third-order valence-electron chi connectivity index (χ3n) is 3.37. The molecule has 1 amide bonds. The van der Waals surface area contributed by atoms with E-state index in [0.29, 0.717) is 18.5 Å². The van der Waals surface area contributed by atoms with Gasteiger partial charge in [-0.05, 0) is 12.8 Å². The summed E-state index contributed by atoms with van der Waals surface area (Å²) in [4.78, 5) is 15.1. The molecule has 0 aliphatic heterocycles. The predicted octanol–water partition coefficient (Wildman–Crippen LogP) is 3.38. The first-order valence-electron chi connectivity index (χ1n) is 6.25. The summed E-state index contributed by atoms with van der Waals surface area (Å²) in [5.41, 5.74) is 0. The molecule has 1 fully saturated rings. The van der Waals surface area contributed by atoms with Gasteiger partial charge in [0.15, 0.2) is 0 Å². The lowest BCUT2D eigenvalue weighted by molar-refractivity contribution is 0.0700. The molecule has 0 N–H and O–H groups in total. The molecular weight excluding hydrogens is 270 g/mol. The Balaban J connectivity index is 2.11. The number of carbonyl (C=O) groups excluding carboxylic acids is 1. The van der Waals surface area contributed by atoms with Gasteiger partial charge in [-0.15, -0.1) is 22.9 Å². The number of nitrogens with zero attached hydrogens (tertiary/aromatic N) is 1. The number of alkyl halides is 1. The summed E-state index contributed by atoms with van der Waals surface area (Å²) < 4.78 is 5.12. The summed E-state index contributed by atoms with van der Waals surface area (Å²) in [6, 6.07) is 2.17. The van der Waals surface area contributed by atoms with Gasteiger partial charge < -0.3 is 9.64 Å². The molecule has 0 aromatic carbocycles. The van der Waals surface area contributed by atoms with Crippen LogP contribution < -0.4 is 4.74 Å². The van der Waals surface area contributed by atoms with Crippen molar-refractivity contribution in [1.29, 1.82) is 0 Å². The van der Waals surface area contributed by atoms with E-state index in [9.17, 15) is 4.79 Å². The van der Waals surface area contributed by atoms with E-state index in [1.165, 1.54) is 24.2 Å². The average Bonchev–Trinajstić information content (AvgIpc) is 3.05. The molecule has 0 saturated heterocycles. The van der Waals surface area contributed by atoms with E-state index in [4.69, 9.17) is 16.3 Å². The van der Waals surface area contributed by atoms with Crippen LogP contribution in [0.5, 0.6) is 5.75 Å². The van der Waals surface area contributed by atoms with E-state index >= 15 is 0 Å². The Morgan fingerprint density at radius 1 is 1.56 bits per heavy atom. The molecule has 1 aromatic heterocycles. The second kappa shape index (κ2) is 6.43. The third kappa shape index (κ3) is 2.98. The van der Waals surface area contributed by atoms with Gasteiger partial charge in [0, 0.05) is 29.9 Å². The first-order chi connectivity index (χ1) is 8.76. The zero-order valence-corrected chi connectivity index (χ0v) is 12.1. The lowest BCUT2D eigenvalue weighted by Gasteiger charge is -2.27. The Morgan fingerprint density at radius 3 is 2.83 bits per heavy atom. The first-order valence-corrected chi connectivity index (χ1v) is 7.67. The van der Waals surface area contributed by atoms with E-state index in [2.05, 4.69) is 0 Å². The number of halogens is 1. The highest BCUT2D eigenvalue weighted by Gasteiger charge is 2.27. The molecule has 1 saturated carbocycles. The van der Waals surface area contributed by atoms with Crippen molar-refractivity contribution >= 4 is 28.8 Å². The molecule has 0 unspecified atom stereocenters. The number of ether oxygens (including phenoxy) is 1. The van der Waals surface area contributed by atoms with Crippen molar-refractivity contribution in [2.75, 3.05) is 19.5 Å². The maximum absolute atomic E-state index is 12.5. The molecule has 0 spiro atoms. The summed E-state index contributed by atoms with van der Waals surface area (Å²) in [6.07, 6.45) is 4.63. The van der Waals surface area contributed by atoms with Gasteiger partial charge >= 0.3 is 0 Å². The molecule has 1 aliphatic carbocycles. The average molecular weight is 288 g/mol. The highest BCUT2D eigenvalue weighted by molar-refractivity contribution is 7.12. The van der Waals surface area contributed by atoms with E-state index in [1.807, 2.05) is 16.3 Å². The molecule has 3 nitrogen and oxygen atoms in total. The Morgan fingerprint density at radius 2 is 2.28 bits per heavy atom. The third-order valence-corrected chi connectivity index (χ3v) is 4.44. The van der Waals surface area contributed by atoms with Crippen LogP contribution in [0.25, 0.3) is 0 Å². The summed E-state index contributed by atoms with van der Waals surface area (Å²) in [6.45, 7) is 0.630. The van der Waals surface area contributed by atoms with E-state index in [-0.39, 0.29) is 5.91 Å². The maximum Gasteiger partial charge on any atom is 0.264 e. The highest BCUT2D eigenvalue weighted by Crippen LogP contribution is 2.28. The minimum Gasteiger partial charge on any atom is -0.496 e. The van der Waals surface area contributed by atoms with Crippen molar-refractivity contribution < 1.29 is 9.53 Å². The Bertz CT molecular complexity index is 401. The van der Waals surface area contributed by atoms with E-state index in [1.54, 1.807) is 7.11 Å². The summed E-state index contributed by atoms with van der Waals surface area (Å²) in [5, 5.41) is 1.86. The van der Waals surface area contributed by atoms with Crippen molar-refractivity contribution in [2.24, 2.45) is 0 Å². The van der Waals surface area contributed by atoms with Gasteiger partial charge in [0.05, 0.1) is 12.0 Å². The molecule has 1 aliphatic rings. The van der Waals surface area contributed by atoms with Gasteiger partial charge in [-0.3, -0.25) is 4.79 Å². The van der Waals surface area contributed by atoms with Gasteiger partial charge in [-0.2, -0.15) is 0 Å². The highest BCUT2D eigenvalue weighted by atomic mass is 35.5. The largest absolute Gasteiger partial charge is 0.496 e. The lowest BCUT2D eigenvalue weighted by Crippen LogP contribution is -2.39. The monoisotopic (exact) mass is 287 g/mol. The normalized spacial score (nSPS) is 15.9. The van der Waals surface area contributed by atoms with Crippen LogP contribution >= 0.6 is 22.9 Å². The molecular formula is C13H18ClNO2S. The van der Waals surface area contributed by atoms with Crippen LogP contribution in [0, 0.1) is 0 Å². The van der Waals surface area contributed by atoms with E-state index in [0.717, 1.165) is 23.5 Å². The molecule has 0 bridgehead atoms. The van der Waals surface area contributed by atoms with E-state index < -0.39 is 0 Å². The van der Waals surface area contributed by atoms with Crippen LogP contribution in [0.4, 0.5) is 0 Å². The van der Waals surface area contributed by atoms with Crippen molar-refractivity contribution in [3.05, 3.63) is 16.3 Å². The number of thiophene rings is 1. The first kappa shape index (κ1) is 13.7. The van der Waals surface area contributed by atoms with Gasteiger partial charge in [0.25, 0.3) is 5.91 Å². The fourth-order valence-corrected chi connectivity index (χ4v) is 3.43. The lowest BCUT2D eigenvalue weighted by atomic mass is 10.2. The number of rotatable bonds is 5. The predicted molar refractivity (Wildman–Crippen MR) is 74.9 cm³/mol. The Kier molecular flexibility index (Phi) is 4.89. The second-order valence-electron chi connectivity index (χ2n) is 4.48. The number of hydrogen-bond donors (Lipinski definition) is 0. The Labute approximate surface area is 117 Å². The molecule has 5 heteroatoms. The van der Waals surface area contributed by atoms with Crippen LogP contribution in [-0.4, -0.2) is 36.4 Å². The molecule has 1 aromatic rings. The van der Waals surface area contributed by atoms with Crippen LogP contribution in [0.1, 0.15) is 35.4 Å². The van der Waals surface area contributed by atoms with Gasteiger partial charge in [0.1, 0.15) is 5.75 Å². The fraction of sp³-hybridized carbons (Fsp3) is 0.615. The summed E-state index contributed by atoms with van der Waals surface area (Å²) >= 11 is 7.26. The Hall–Kier alpha value is -0.740. The minimum absolute atomic E-state index is 0.0934. The zero-order valence-electron chi connectivity index (χ0n) is 10.5. The quantitative estimate of drug-likeness (QED) is 0.777. The number of carbonyl (C=O) groups is 1. The van der Waals surface area contributed by atoms with Gasteiger partial charge in [-0.25, -0.2) is 0 Å². The van der Waals surface area contributed by atoms with Crippen molar-refractivity contribution in [3.8, 4) is 5.75 Å². The van der Waals surface area contributed by atoms with Crippen molar-refractivity contribution in [1.82, 2.24) is 4.90 Å². The van der Waals surface area contributed by atoms with Gasteiger partial charge in [0.2, 0.25) is 0 Å². The molecule has 100 valence electrons. The number of methoxy groups -OCH3 is 1. The molecule has 0 radical (unpaired) electrons. The van der Waals surface area contributed by atoms with Crippen LogP contribution in [0.15, 0.2) is 11.4 Å². The minimum atomic E-state index is 0.0934. The second-order valence-corrected chi connectivity index (χ2v) is 5.77. The number of hydrogen-bond acceptors (Lipinski definition) is 3. The van der Waals surface area contributed by atoms with Crippen LogP contribution in [0.2, 0.25) is 0 Å². The molecule has 1 heterocycles. The fourth-order valence-electron chi connectivity index (χ4n) is 2.44.